The molecule has 1 aromatic carbocycles. The molecule has 0 heterocycles. The van der Waals surface area contributed by atoms with Crippen LogP contribution in [0.2, 0.25) is 0 Å². The van der Waals surface area contributed by atoms with E-state index in [0.29, 0.717) is 6.61 Å². The Hall–Kier alpha value is -1.95. The Kier molecular flexibility index (Phi) is 6.30. The second kappa shape index (κ2) is 7.73. The molecule has 1 aromatic rings. The number of carbonyl (C=O) groups is 1. The predicted molar refractivity (Wildman–Crippen MR) is 84.5 cm³/mol. The maximum Gasteiger partial charge on any atom is 0.304 e. The van der Waals surface area contributed by atoms with Gasteiger partial charge >= 0.3 is 5.97 Å². The lowest BCUT2D eigenvalue weighted by atomic mass is 9.93. The van der Waals surface area contributed by atoms with Crippen molar-refractivity contribution >= 4 is 5.97 Å². The van der Waals surface area contributed by atoms with E-state index >= 15 is 0 Å². The van der Waals surface area contributed by atoms with Crippen LogP contribution in [-0.2, 0) is 4.79 Å². The molecule has 0 saturated heterocycles. The molecule has 0 aromatic heterocycles. The Bertz CT molecular complexity index is 512. The molecule has 0 saturated carbocycles. The van der Waals surface area contributed by atoms with E-state index in [1.54, 1.807) is 6.92 Å². The highest BCUT2D eigenvalue weighted by molar-refractivity contribution is 5.69. The first-order valence-corrected chi connectivity index (χ1v) is 7.18. The zero-order valence-corrected chi connectivity index (χ0v) is 13.3. The molecule has 3 nitrogen and oxygen atoms in total. The number of ether oxygens (including phenoxy) is 1. The average Bonchev–Trinajstić information content (AvgIpc) is 2.37. The SMILES string of the molecule is CC#C[C@H](CC(=O)O)c1ccc(OCCC(C)(C)C)cc1. The third-order valence-corrected chi connectivity index (χ3v) is 3.10. The molecule has 0 fully saturated rings. The van der Waals surface area contributed by atoms with Gasteiger partial charge in [0.25, 0.3) is 0 Å². The van der Waals surface area contributed by atoms with E-state index < -0.39 is 5.97 Å². The van der Waals surface area contributed by atoms with Gasteiger partial charge in [0.2, 0.25) is 0 Å². The normalized spacial score (nSPS) is 12.2. The lowest BCUT2D eigenvalue weighted by molar-refractivity contribution is -0.137. The van der Waals surface area contributed by atoms with Crippen LogP contribution in [0.3, 0.4) is 0 Å². The molecule has 0 aliphatic carbocycles. The molecule has 0 aliphatic rings. The van der Waals surface area contributed by atoms with Crippen molar-refractivity contribution in [2.75, 3.05) is 6.61 Å². The Labute approximate surface area is 127 Å². The minimum absolute atomic E-state index is 0.0189. The molecular formula is C18H24O3. The molecule has 0 bridgehead atoms. The highest BCUT2D eigenvalue weighted by Gasteiger charge is 2.13. The maximum absolute atomic E-state index is 10.9. The smallest absolute Gasteiger partial charge is 0.304 e. The van der Waals surface area contributed by atoms with Gasteiger partial charge < -0.3 is 9.84 Å². The van der Waals surface area contributed by atoms with Crippen molar-refractivity contribution in [1.82, 2.24) is 0 Å². The van der Waals surface area contributed by atoms with E-state index in [0.717, 1.165) is 17.7 Å². The summed E-state index contributed by atoms with van der Waals surface area (Å²) in [6.45, 7) is 8.94. The lowest BCUT2D eigenvalue weighted by Crippen LogP contribution is -2.11. The van der Waals surface area contributed by atoms with E-state index in [2.05, 4.69) is 32.6 Å². The summed E-state index contributed by atoms with van der Waals surface area (Å²) >= 11 is 0. The van der Waals surface area contributed by atoms with Crippen molar-refractivity contribution in [3.63, 3.8) is 0 Å². The number of hydrogen-bond acceptors (Lipinski definition) is 2. The van der Waals surface area contributed by atoms with Gasteiger partial charge in [-0.05, 0) is 36.5 Å². The van der Waals surface area contributed by atoms with Crippen LogP contribution in [0.25, 0.3) is 0 Å². The Morgan fingerprint density at radius 1 is 1.29 bits per heavy atom. The van der Waals surface area contributed by atoms with Gasteiger partial charge in [0.1, 0.15) is 5.75 Å². The zero-order chi connectivity index (χ0) is 15.9. The summed E-state index contributed by atoms with van der Waals surface area (Å²) in [7, 11) is 0. The molecule has 1 N–H and O–H groups in total. The number of benzene rings is 1. The molecule has 0 spiro atoms. The number of aliphatic carboxylic acids is 1. The molecule has 21 heavy (non-hydrogen) atoms. The van der Waals surface area contributed by atoms with Gasteiger partial charge in [0, 0.05) is 0 Å². The van der Waals surface area contributed by atoms with Crippen LogP contribution in [0.15, 0.2) is 24.3 Å². The molecule has 0 amide bonds. The summed E-state index contributed by atoms with van der Waals surface area (Å²) in [6.07, 6.45) is 1.00. The van der Waals surface area contributed by atoms with Crippen LogP contribution < -0.4 is 4.74 Å². The fourth-order valence-electron chi connectivity index (χ4n) is 1.87. The third-order valence-electron chi connectivity index (χ3n) is 3.10. The second-order valence-electron chi connectivity index (χ2n) is 6.27. The summed E-state index contributed by atoms with van der Waals surface area (Å²) < 4.78 is 5.71. The molecule has 1 atom stereocenters. The molecule has 1 rings (SSSR count). The maximum atomic E-state index is 10.9. The van der Waals surface area contributed by atoms with Gasteiger partial charge in [-0.3, -0.25) is 4.79 Å². The minimum atomic E-state index is -0.840. The van der Waals surface area contributed by atoms with Crippen LogP contribution in [0.1, 0.15) is 52.0 Å². The van der Waals surface area contributed by atoms with Crippen molar-refractivity contribution in [2.45, 2.75) is 46.5 Å². The van der Waals surface area contributed by atoms with E-state index in [-0.39, 0.29) is 17.8 Å². The summed E-state index contributed by atoms with van der Waals surface area (Å²) in [5, 5.41) is 8.93. The first-order chi connectivity index (χ1) is 9.81. The Morgan fingerprint density at radius 3 is 2.38 bits per heavy atom. The minimum Gasteiger partial charge on any atom is -0.494 e. The predicted octanol–water partition coefficient (Wildman–Crippen LogP) is 4.08. The van der Waals surface area contributed by atoms with E-state index in [1.165, 1.54) is 0 Å². The average molecular weight is 288 g/mol. The highest BCUT2D eigenvalue weighted by atomic mass is 16.5. The number of rotatable bonds is 6. The topological polar surface area (TPSA) is 46.5 Å². The molecule has 0 unspecified atom stereocenters. The zero-order valence-electron chi connectivity index (χ0n) is 13.3. The summed E-state index contributed by atoms with van der Waals surface area (Å²) in [5.41, 5.74) is 1.17. The van der Waals surface area contributed by atoms with Gasteiger partial charge in [0.05, 0.1) is 18.9 Å². The van der Waals surface area contributed by atoms with Crippen LogP contribution in [-0.4, -0.2) is 17.7 Å². The number of carboxylic acid groups (broad SMARTS) is 1. The van der Waals surface area contributed by atoms with Crippen LogP contribution in [0, 0.1) is 17.3 Å². The van der Waals surface area contributed by atoms with Gasteiger partial charge in [-0.15, -0.1) is 5.92 Å². The Morgan fingerprint density at radius 2 is 1.90 bits per heavy atom. The van der Waals surface area contributed by atoms with Crippen molar-refractivity contribution in [1.29, 1.82) is 0 Å². The number of hydrogen-bond donors (Lipinski definition) is 1. The summed E-state index contributed by atoms with van der Waals surface area (Å²) in [5.74, 6) is 5.43. The van der Waals surface area contributed by atoms with Gasteiger partial charge in [-0.25, -0.2) is 0 Å². The lowest BCUT2D eigenvalue weighted by Gasteiger charge is -2.18. The van der Waals surface area contributed by atoms with Crippen molar-refractivity contribution < 1.29 is 14.6 Å². The molecule has 0 aliphatic heterocycles. The van der Waals surface area contributed by atoms with E-state index in [4.69, 9.17) is 9.84 Å². The van der Waals surface area contributed by atoms with Crippen molar-refractivity contribution in [3.05, 3.63) is 29.8 Å². The highest BCUT2D eigenvalue weighted by Crippen LogP contribution is 2.23. The van der Waals surface area contributed by atoms with E-state index in [9.17, 15) is 4.79 Å². The summed E-state index contributed by atoms with van der Waals surface area (Å²) in [4.78, 5) is 10.9. The standard InChI is InChI=1S/C18H24O3/c1-5-6-15(13-17(19)20)14-7-9-16(10-8-14)21-12-11-18(2,3)4/h7-10,15H,11-13H2,1-4H3,(H,19,20)/t15-/m1/s1. The quantitative estimate of drug-likeness (QED) is 0.802. The fraction of sp³-hybridized carbons (Fsp3) is 0.500. The summed E-state index contributed by atoms with van der Waals surface area (Å²) in [6, 6.07) is 7.54. The van der Waals surface area contributed by atoms with Crippen molar-refractivity contribution in [2.24, 2.45) is 5.41 Å². The fourth-order valence-corrected chi connectivity index (χ4v) is 1.87. The van der Waals surface area contributed by atoms with Crippen molar-refractivity contribution in [3.8, 4) is 17.6 Å². The molecular weight excluding hydrogens is 264 g/mol. The second-order valence-corrected chi connectivity index (χ2v) is 6.27. The first-order valence-electron chi connectivity index (χ1n) is 7.18. The van der Waals surface area contributed by atoms with Gasteiger partial charge in [0.15, 0.2) is 0 Å². The van der Waals surface area contributed by atoms with E-state index in [1.807, 2.05) is 24.3 Å². The van der Waals surface area contributed by atoms with Gasteiger partial charge in [-0.1, -0.05) is 38.8 Å². The largest absolute Gasteiger partial charge is 0.494 e. The number of carboxylic acids is 1. The van der Waals surface area contributed by atoms with Crippen LogP contribution in [0.4, 0.5) is 0 Å². The molecule has 0 radical (unpaired) electrons. The first kappa shape index (κ1) is 17.1. The van der Waals surface area contributed by atoms with Crippen LogP contribution >= 0.6 is 0 Å². The monoisotopic (exact) mass is 288 g/mol. The molecule has 114 valence electrons. The van der Waals surface area contributed by atoms with Gasteiger partial charge in [-0.2, -0.15) is 0 Å². The van der Waals surface area contributed by atoms with Crippen LogP contribution in [0.5, 0.6) is 5.75 Å². The third kappa shape index (κ3) is 6.85. The Balaban J connectivity index is 2.66. The molecule has 3 heteroatoms.